The molecular formula is C19H27N5O2. The Morgan fingerprint density at radius 2 is 2.19 bits per heavy atom. The van der Waals surface area contributed by atoms with Crippen molar-refractivity contribution in [1.82, 2.24) is 14.8 Å². The third kappa shape index (κ3) is 3.23. The molecule has 1 N–H and O–H groups in total. The molecule has 0 aliphatic carbocycles. The molecule has 0 spiro atoms. The van der Waals surface area contributed by atoms with Crippen molar-refractivity contribution >= 4 is 11.5 Å². The molecule has 7 nitrogen and oxygen atoms in total. The molecule has 2 aromatic rings. The van der Waals surface area contributed by atoms with E-state index >= 15 is 0 Å². The van der Waals surface area contributed by atoms with E-state index in [0.29, 0.717) is 13.2 Å². The van der Waals surface area contributed by atoms with Crippen LogP contribution in [0, 0.1) is 0 Å². The van der Waals surface area contributed by atoms with Crippen molar-refractivity contribution in [3.63, 3.8) is 0 Å². The minimum absolute atomic E-state index is 0.0547. The highest BCUT2D eigenvalue weighted by molar-refractivity contribution is 5.57. The summed E-state index contributed by atoms with van der Waals surface area (Å²) in [4.78, 5) is 19.9. The average Bonchev–Trinajstić information content (AvgIpc) is 3.30. The van der Waals surface area contributed by atoms with Gasteiger partial charge in [-0.15, -0.1) is 0 Å². The van der Waals surface area contributed by atoms with Crippen molar-refractivity contribution in [3.8, 4) is 0 Å². The number of H-pyrrole nitrogens is 1. The minimum atomic E-state index is -0.0547. The smallest absolute Gasteiger partial charge is 0.251 e. The van der Waals surface area contributed by atoms with E-state index in [4.69, 9.17) is 4.74 Å². The van der Waals surface area contributed by atoms with Gasteiger partial charge in [-0.2, -0.15) is 5.10 Å². The van der Waals surface area contributed by atoms with Gasteiger partial charge in [0.15, 0.2) is 0 Å². The zero-order chi connectivity index (χ0) is 18.1. The van der Waals surface area contributed by atoms with Gasteiger partial charge in [-0.1, -0.05) is 0 Å². The zero-order valence-corrected chi connectivity index (χ0v) is 15.5. The topological polar surface area (TPSA) is 66.4 Å². The lowest BCUT2D eigenvalue weighted by Gasteiger charge is -2.35. The number of nitrogens with zero attached hydrogens (tertiary/aromatic N) is 4. The molecule has 4 heterocycles. The summed E-state index contributed by atoms with van der Waals surface area (Å²) >= 11 is 0. The van der Waals surface area contributed by atoms with Crippen LogP contribution in [0.5, 0.6) is 0 Å². The van der Waals surface area contributed by atoms with Crippen LogP contribution < -0.4 is 15.4 Å². The molecule has 26 heavy (non-hydrogen) atoms. The molecule has 2 aliphatic heterocycles. The van der Waals surface area contributed by atoms with E-state index in [0.717, 1.165) is 49.7 Å². The van der Waals surface area contributed by atoms with Crippen molar-refractivity contribution in [2.24, 2.45) is 0 Å². The monoisotopic (exact) mass is 357 g/mol. The van der Waals surface area contributed by atoms with Crippen LogP contribution in [-0.2, 0) is 11.3 Å². The predicted octanol–water partition coefficient (Wildman–Crippen LogP) is 2.16. The van der Waals surface area contributed by atoms with Gasteiger partial charge in [0.25, 0.3) is 5.56 Å². The van der Waals surface area contributed by atoms with E-state index < -0.39 is 0 Å². The summed E-state index contributed by atoms with van der Waals surface area (Å²) in [5, 5.41) is 4.69. The summed E-state index contributed by atoms with van der Waals surface area (Å²) in [6.07, 6.45) is 4.19. The van der Waals surface area contributed by atoms with Crippen molar-refractivity contribution in [3.05, 3.63) is 40.4 Å². The Morgan fingerprint density at radius 1 is 1.31 bits per heavy atom. The molecule has 0 bridgehead atoms. The first-order chi connectivity index (χ1) is 12.7. The Bertz CT molecular complexity index is 814. The van der Waals surface area contributed by atoms with Crippen LogP contribution in [0.1, 0.15) is 38.4 Å². The number of rotatable bonds is 4. The van der Waals surface area contributed by atoms with E-state index in [-0.39, 0.29) is 17.6 Å². The molecule has 0 unspecified atom stereocenters. The number of hydrogen-bond donors (Lipinski definition) is 1. The Morgan fingerprint density at radius 3 is 2.96 bits per heavy atom. The van der Waals surface area contributed by atoms with Gasteiger partial charge in [0.2, 0.25) is 0 Å². The van der Waals surface area contributed by atoms with Crippen molar-refractivity contribution in [2.75, 3.05) is 36.1 Å². The van der Waals surface area contributed by atoms with Crippen LogP contribution in [0.25, 0.3) is 0 Å². The Hall–Kier alpha value is -2.28. The molecule has 0 amide bonds. The Kier molecular flexibility index (Phi) is 4.72. The summed E-state index contributed by atoms with van der Waals surface area (Å²) in [6.45, 7) is 8.24. The largest absolute Gasteiger partial charge is 0.377 e. The number of pyridine rings is 1. The number of aromatic amines is 1. The molecule has 0 aromatic carbocycles. The number of aromatic nitrogens is 3. The van der Waals surface area contributed by atoms with Crippen molar-refractivity contribution < 1.29 is 4.74 Å². The lowest BCUT2D eigenvalue weighted by atomic mass is 10.1. The highest BCUT2D eigenvalue weighted by Crippen LogP contribution is 2.35. The fourth-order valence-electron chi connectivity index (χ4n) is 4.04. The van der Waals surface area contributed by atoms with Gasteiger partial charge in [-0.3, -0.25) is 9.48 Å². The van der Waals surface area contributed by atoms with Crippen LogP contribution in [0.15, 0.2) is 29.2 Å². The number of hydrogen-bond acceptors (Lipinski definition) is 5. The maximum Gasteiger partial charge on any atom is 0.251 e. The van der Waals surface area contributed by atoms with Crippen LogP contribution in [0.4, 0.5) is 11.5 Å². The van der Waals surface area contributed by atoms with Crippen molar-refractivity contribution in [2.45, 2.75) is 45.3 Å². The first-order valence-electron chi connectivity index (χ1n) is 9.54. The maximum absolute atomic E-state index is 12.4. The lowest BCUT2D eigenvalue weighted by molar-refractivity contribution is 0.0989. The van der Waals surface area contributed by atoms with Crippen LogP contribution >= 0.6 is 0 Å². The molecule has 7 heteroatoms. The van der Waals surface area contributed by atoms with Gasteiger partial charge >= 0.3 is 0 Å². The first-order valence-corrected chi connectivity index (χ1v) is 9.54. The number of morpholine rings is 1. The molecule has 0 saturated carbocycles. The van der Waals surface area contributed by atoms with E-state index in [9.17, 15) is 4.79 Å². The van der Waals surface area contributed by atoms with E-state index in [1.807, 2.05) is 10.9 Å². The summed E-state index contributed by atoms with van der Waals surface area (Å²) in [5.74, 6) is 0.889. The molecule has 2 saturated heterocycles. The van der Waals surface area contributed by atoms with Gasteiger partial charge < -0.3 is 19.5 Å². The fraction of sp³-hybridized carbons (Fsp3) is 0.579. The molecule has 2 atom stereocenters. The SMILES string of the molecule is CCn1ccc([C@@H]2CCCN2c2cc(N3CCOC[C@H]3C)cc(=O)[nH]2)n1. The van der Waals surface area contributed by atoms with E-state index in [2.05, 4.69) is 45.9 Å². The molecule has 4 rings (SSSR count). The number of ether oxygens (including phenoxy) is 1. The first kappa shape index (κ1) is 17.1. The molecule has 0 radical (unpaired) electrons. The second-order valence-electron chi connectivity index (χ2n) is 7.15. The normalized spacial score (nSPS) is 23.6. The Labute approximate surface area is 153 Å². The summed E-state index contributed by atoms with van der Waals surface area (Å²) in [6, 6.07) is 6.39. The van der Waals surface area contributed by atoms with Gasteiger partial charge in [0.1, 0.15) is 5.82 Å². The van der Waals surface area contributed by atoms with Gasteiger partial charge in [-0.25, -0.2) is 0 Å². The molecule has 2 fully saturated rings. The fourth-order valence-corrected chi connectivity index (χ4v) is 4.04. The average molecular weight is 357 g/mol. The molecule has 140 valence electrons. The van der Waals surface area contributed by atoms with Crippen LogP contribution in [-0.4, -0.2) is 47.1 Å². The van der Waals surface area contributed by atoms with Crippen molar-refractivity contribution in [1.29, 1.82) is 0 Å². The number of nitrogens with one attached hydrogen (secondary N) is 1. The summed E-state index contributed by atoms with van der Waals surface area (Å²) < 4.78 is 7.49. The predicted molar refractivity (Wildman–Crippen MR) is 102 cm³/mol. The van der Waals surface area contributed by atoms with Crippen LogP contribution in [0.2, 0.25) is 0 Å². The second-order valence-corrected chi connectivity index (χ2v) is 7.15. The third-order valence-electron chi connectivity index (χ3n) is 5.40. The van der Waals surface area contributed by atoms with Crippen LogP contribution in [0.3, 0.4) is 0 Å². The molecule has 2 aromatic heterocycles. The quantitative estimate of drug-likeness (QED) is 0.908. The Balaban J connectivity index is 1.65. The highest BCUT2D eigenvalue weighted by atomic mass is 16.5. The molecular weight excluding hydrogens is 330 g/mol. The van der Waals surface area contributed by atoms with Gasteiger partial charge in [-0.05, 0) is 32.8 Å². The van der Waals surface area contributed by atoms with Gasteiger partial charge in [0, 0.05) is 49.7 Å². The summed E-state index contributed by atoms with van der Waals surface area (Å²) in [7, 11) is 0. The third-order valence-corrected chi connectivity index (χ3v) is 5.40. The zero-order valence-electron chi connectivity index (χ0n) is 15.5. The highest BCUT2D eigenvalue weighted by Gasteiger charge is 2.29. The summed E-state index contributed by atoms with van der Waals surface area (Å²) in [5.41, 5.74) is 2.00. The van der Waals surface area contributed by atoms with Gasteiger partial charge in [0.05, 0.1) is 24.9 Å². The lowest BCUT2D eigenvalue weighted by Crippen LogP contribution is -2.44. The van der Waals surface area contributed by atoms with E-state index in [1.54, 1.807) is 6.07 Å². The standard InChI is InChI=1S/C19H27N5O2/c1-3-22-8-6-16(21-22)17-5-4-7-24(17)18-11-15(12-19(25)20-18)23-9-10-26-13-14(23)2/h6,8,11-12,14,17H,3-5,7,9-10,13H2,1-2H3,(H,20,25)/t14-,17+/m1/s1. The number of anilines is 2. The second kappa shape index (κ2) is 7.15. The van der Waals surface area contributed by atoms with E-state index in [1.165, 1.54) is 0 Å². The number of aryl methyl sites for hydroxylation is 1. The minimum Gasteiger partial charge on any atom is -0.377 e. The molecule has 2 aliphatic rings. The maximum atomic E-state index is 12.4.